The maximum absolute atomic E-state index is 11.7. The number of ketones is 1. The molecule has 0 unspecified atom stereocenters. The lowest BCUT2D eigenvalue weighted by atomic mass is 10.1. The van der Waals surface area contributed by atoms with Gasteiger partial charge in [0, 0.05) is 10.0 Å². The largest absolute Gasteiger partial charge is 0.289 e. The summed E-state index contributed by atoms with van der Waals surface area (Å²) in [7, 11) is 0. The molecule has 0 N–H and O–H groups in total. The highest BCUT2D eigenvalue weighted by atomic mass is 79.9. The van der Waals surface area contributed by atoms with Crippen LogP contribution in [0.4, 0.5) is 0 Å². The molecule has 0 aliphatic carbocycles. The van der Waals surface area contributed by atoms with Crippen LogP contribution in [0.1, 0.15) is 36.5 Å². The van der Waals surface area contributed by atoms with E-state index in [9.17, 15) is 4.79 Å². The average molecular weight is 267 g/mol. The smallest absolute Gasteiger partial charge is 0.185 e. The molecule has 0 fully saturated rings. The Morgan fingerprint density at radius 2 is 2.27 bits per heavy atom. The second kappa shape index (κ2) is 6.57. The Morgan fingerprint density at radius 1 is 1.47 bits per heavy atom. The third kappa shape index (κ3) is 4.43. The van der Waals surface area contributed by atoms with Crippen molar-refractivity contribution >= 4 is 21.7 Å². The minimum atomic E-state index is 0.0763. The summed E-state index contributed by atoms with van der Waals surface area (Å²) in [4.78, 5) is 11.7. The van der Waals surface area contributed by atoms with Crippen molar-refractivity contribution in [3.63, 3.8) is 0 Å². The van der Waals surface area contributed by atoms with Crippen molar-refractivity contribution < 1.29 is 4.79 Å². The number of benzene rings is 1. The van der Waals surface area contributed by atoms with E-state index in [0.29, 0.717) is 0 Å². The fourth-order valence-electron chi connectivity index (χ4n) is 1.25. The van der Waals surface area contributed by atoms with Crippen LogP contribution in [0.5, 0.6) is 0 Å². The van der Waals surface area contributed by atoms with Crippen LogP contribution in [0.25, 0.3) is 0 Å². The molecule has 15 heavy (non-hydrogen) atoms. The summed E-state index contributed by atoms with van der Waals surface area (Å²) in [6, 6.07) is 7.46. The fourth-order valence-corrected chi connectivity index (χ4v) is 1.65. The van der Waals surface area contributed by atoms with Crippen molar-refractivity contribution in [3.8, 4) is 0 Å². The number of hydrogen-bond acceptors (Lipinski definition) is 1. The molecule has 0 heterocycles. The Labute approximate surface area is 99.3 Å². The third-order valence-corrected chi connectivity index (χ3v) is 2.60. The maximum Gasteiger partial charge on any atom is 0.185 e. The van der Waals surface area contributed by atoms with Crippen LogP contribution >= 0.6 is 15.9 Å². The van der Waals surface area contributed by atoms with Crippen LogP contribution in [-0.2, 0) is 0 Å². The molecule has 0 spiro atoms. The summed E-state index contributed by atoms with van der Waals surface area (Å²) >= 11 is 3.35. The van der Waals surface area contributed by atoms with Crippen molar-refractivity contribution in [3.05, 3.63) is 46.5 Å². The second-order valence-corrected chi connectivity index (χ2v) is 4.33. The fraction of sp³-hybridized carbons (Fsp3) is 0.308. The van der Waals surface area contributed by atoms with Crippen molar-refractivity contribution in [1.29, 1.82) is 0 Å². The first-order valence-electron chi connectivity index (χ1n) is 5.20. The van der Waals surface area contributed by atoms with Crippen molar-refractivity contribution in [2.75, 3.05) is 0 Å². The van der Waals surface area contributed by atoms with E-state index < -0.39 is 0 Å². The number of carbonyl (C=O) groups is 1. The second-order valence-electron chi connectivity index (χ2n) is 3.42. The average Bonchev–Trinajstić information content (AvgIpc) is 2.24. The standard InChI is InChI=1S/C13H15BrO/c1-2-3-4-5-9-13(15)11-7-6-8-12(14)10-11/h5-10H,2-4H2,1H3/b9-5+. The van der Waals surface area contributed by atoms with E-state index in [0.717, 1.165) is 29.3 Å². The molecule has 0 bridgehead atoms. The number of carbonyl (C=O) groups excluding carboxylic acids is 1. The molecular formula is C13H15BrO. The van der Waals surface area contributed by atoms with Gasteiger partial charge in [-0.2, -0.15) is 0 Å². The predicted octanol–water partition coefficient (Wildman–Crippen LogP) is 4.38. The molecule has 0 atom stereocenters. The highest BCUT2D eigenvalue weighted by Crippen LogP contribution is 2.12. The Hall–Kier alpha value is -0.890. The van der Waals surface area contributed by atoms with Gasteiger partial charge in [0.2, 0.25) is 0 Å². The number of rotatable bonds is 5. The van der Waals surface area contributed by atoms with E-state index in [1.54, 1.807) is 6.08 Å². The van der Waals surface area contributed by atoms with Gasteiger partial charge < -0.3 is 0 Å². The number of hydrogen-bond donors (Lipinski definition) is 0. The molecule has 0 saturated carbocycles. The first-order chi connectivity index (χ1) is 7.24. The molecule has 1 aromatic rings. The van der Waals surface area contributed by atoms with Gasteiger partial charge in [-0.25, -0.2) is 0 Å². The SMILES string of the molecule is CCCC/C=C/C(=O)c1cccc(Br)c1. The summed E-state index contributed by atoms with van der Waals surface area (Å²) in [5, 5.41) is 0. The van der Waals surface area contributed by atoms with E-state index in [1.807, 2.05) is 30.3 Å². The van der Waals surface area contributed by atoms with E-state index in [2.05, 4.69) is 22.9 Å². The topological polar surface area (TPSA) is 17.1 Å². The molecule has 0 saturated heterocycles. The van der Waals surface area contributed by atoms with Crippen molar-refractivity contribution in [1.82, 2.24) is 0 Å². The van der Waals surface area contributed by atoms with Crippen LogP contribution in [0.15, 0.2) is 40.9 Å². The molecule has 1 rings (SSSR count). The quantitative estimate of drug-likeness (QED) is 0.439. The molecule has 0 radical (unpaired) electrons. The summed E-state index contributed by atoms with van der Waals surface area (Å²) in [6.45, 7) is 2.14. The monoisotopic (exact) mass is 266 g/mol. The zero-order valence-corrected chi connectivity index (χ0v) is 10.5. The van der Waals surface area contributed by atoms with Gasteiger partial charge in [-0.05, 0) is 24.6 Å². The van der Waals surface area contributed by atoms with Crippen LogP contribution in [-0.4, -0.2) is 5.78 Å². The summed E-state index contributed by atoms with van der Waals surface area (Å²) in [5.41, 5.74) is 0.733. The van der Waals surface area contributed by atoms with E-state index >= 15 is 0 Å². The number of unbranched alkanes of at least 4 members (excludes halogenated alkanes) is 2. The minimum Gasteiger partial charge on any atom is -0.289 e. The summed E-state index contributed by atoms with van der Waals surface area (Å²) in [6.07, 6.45) is 6.90. The zero-order chi connectivity index (χ0) is 11.1. The molecule has 1 nitrogen and oxygen atoms in total. The van der Waals surface area contributed by atoms with Gasteiger partial charge in [0.05, 0.1) is 0 Å². The lowest BCUT2D eigenvalue weighted by molar-refractivity contribution is 0.104. The van der Waals surface area contributed by atoms with Gasteiger partial charge >= 0.3 is 0 Å². The molecule has 2 heteroatoms. The van der Waals surface area contributed by atoms with E-state index in [-0.39, 0.29) is 5.78 Å². The lowest BCUT2D eigenvalue weighted by Crippen LogP contribution is -1.93. The van der Waals surface area contributed by atoms with Gasteiger partial charge in [0.25, 0.3) is 0 Å². The highest BCUT2D eigenvalue weighted by molar-refractivity contribution is 9.10. The van der Waals surface area contributed by atoms with Crippen molar-refractivity contribution in [2.45, 2.75) is 26.2 Å². The number of allylic oxidation sites excluding steroid dienone is 2. The number of halogens is 1. The minimum absolute atomic E-state index is 0.0763. The Kier molecular flexibility index (Phi) is 5.33. The Bertz CT molecular complexity index is 355. The van der Waals surface area contributed by atoms with Gasteiger partial charge in [-0.15, -0.1) is 0 Å². The summed E-state index contributed by atoms with van der Waals surface area (Å²) < 4.78 is 0.940. The molecule has 0 amide bonds. The first-order valence-corrected chi connectivity index (χ1v) is 5.99. The van der Waals surface area contributed by atoms with E-state index in [4.69, 9.17) is 0 Å². The third-order valence-electron chi connectivity index (χ3n) is 2.10. The van der Waals surface area contributed by atoms with Gasteiger partial charge in [-0.1, -0.05) is 53.9 Å². The first kappa shape index (κ1) is 12.2. The molecule has 0 aliphatic rings. The molecule has 80 valence electrons. The Morgan fingerprint density at radius 3 is 2.93 bits per heavy atom. The molecule has 0 aliphatic heterocycles. The van der Waals surface area contributed by atoms with Crippen LogP contribution in [0, 0.1) is 0 Å². The van der Waals surface area contributed by atoms with Crippen LogP contribution in [0.2, 0.25) is 0 Å². The predicted molar refractivity (Wildman–Crippen MR) is 67.1 cm³/mol. The van der Waals surface area contributed by atoms with Crippen molar-refractivity contribution in [2.24, 2.45) is 0 Å². The maximum atomic E-state index is 11.7. The Balaban J connectivity index is 2.57. The van der Waals surface area contributed by atoms with Gasteiger partial charge in [-0.3, -0.25) is 4.79 Å². The van der Waals surface area contributed by atoms with E-state index in [1.165, 1.54) is 0 Å². The normalized spacial score (nSPS) is 10.8. The van der Waals surface area contributed by atoms with Crippen LogP contribution < -0.4 is 0 Å². The summed E-state index contributed by atoms with van der Waals surface area (Å²) in [5.74, 6) is 0.0763. The molecule has 1 aromatic carbocycles. The zero-order valence-electron chi connectivity index (χ0n) is 8.87. The lowest BCUT2D eigenvalue weighted by Gasteiger charge is -1.96. The molecule has 0 aromatic heterocycles. The van der Waals surface area contributed by atoms with Crippen LogP contribution in [0.3, 0.4) is 0 Å². The highest BCUT2D eigenvalue weighted by Gasteiger charge is 2.00. The molecular weight excluding hydrogens is 252 g/mol. The van der Waals surface area contributed by atoms with Gasteiger partial charge in [0.15, 0.2) is 5.78 Å². The van der Waals surface area contributed by atoms with Gasteiger partial charge in [0.1, 0.15) is 0 Å².